The van der Waals surface area contributed by atoms with Crippen LogP contribution in [0, 0.1) is 17.0 Å². The number of carbonyl (C=O) groups is 1. The summed E-state index contributed by atoms with van der Waals surface area (Å²) >= 11 is 0. The summed E-state index contributed by atoms with van der Waals surface area (Å²) in [5, 5.41) is 22.0. The molecule has 1 atom stereocenters. The molecule has 10 nitrogen and oxygen atoms in total. The van der Waals surface area contributed by atoms with Crippen LogP contribution in [-0.4, -0.2) is 37.5 Å². The predicted octanol–water partition coefficient (Wildman–Crippen LogP) is 2.55. The van der Waals surface area contributed by atoms with Gasteiger partial charge in [-0.15, -0.1) is 5.10 Å². The third-order valence-corrected chi connectivity index (χ3v) is 4.33. The Kier molecular flexibility index (Phi) is 5.39. The maximum Gasteiger partial charge on any atom is 0.350 e. The fourth-order valence-corrected chi connectivity index (χ4v) is 2.66. The smallest absolute Gasteiger partial charge is 0.350 e. The van der Waals surface area contributed by atoms with E-state index in [0.29, 0.717) is 12.4 Å². The Morgan fingerprint density at radius 1 is 1.32 bits per heavy atom. The van der Waals surface area contributed by atoms with Crippen molar-refractivity contribution in [2.45, 2.75) is 26.4 Å². The third kappa shape index (κ3) is 4.00. The summed E-state index contributed by atoms with van der Waals surface area (Å²) < 4.78 is 7.80. The molecule has 0 fully saturated rings. The second-order valence-electron chi connectivity index (χ2n) is 6.25. The lowest BCUT2D eigenvalue weighted by molar-refractivity contribution is -0.385. The molecule has 3 rings (SSSR count). The zero-order valence-electron chi connectivity index (χ0n) is 15.7. The lowest BCUT2D eigenvalue weighted by Gasteiger charge is -2.10. The summed E-state index contributed by atoms with van der Waals surface area (Å²) in [4.78, 5) is 22.9. The number of hydrogen-bond donors (Lipinski definition) is 1. The van der Waals surface area contributed by atoms with E-state index in [4.69, 9.17) is 4.74 Å². The standard InChI is InChI=1S/C18H20N6O4/c1-12-6-4-5-7-14(12)10-22-9-8-16(20-22)19-17(25)13(2)23-11-15(24(26)27)18(21-23)28-3/h4-9,11,13H,10H2,1-3H3,(H,19,20,25). The fourth-order valence-electron chi connectivity index (χ4n) is 2.66. The van der Waals surface area contributed by atoms with E-state index in [2.05, 4.69) is 15.5 Å². The maximum atomic E-state index is 12.5. The van der Waals surface area contributed by atoms with Crippen LogP contribution in [-0.2, 0) is 11.3 Å². The van der Waals surface area contributed by atoms with Gasteiger partial charge in [0.15, 0.2) is 5.82 Å². The number of carbonyl (C=O) groups excluding carboxylic acids is 1. The molecular formula is C18H20N6O4. The van der Waals surface area contributed by atoms with E-state index < -0.39 is 16.9 Å². The largest absolute Gasteiger partial charge is 0.475 e. The van der Waals surface area contributed by atoms with Crippen molar-refractivity contribution in [3.8, 4) is 5.88 Å². The van der Waals surface area contributed by atoms with Crippen molar-refractivity contribution in [1.29, 1.82) is 0 Å². The number of ether oxygens (including phenoxy) is 1. The second kappa shape index (κ2) is 7.91. The first-order valence-corrected chi connectivity index (χ1v) is 8.55. The zero-order chi connectivity index (χ0) is 20.3. The van der Waals surface area contributed by atoms with E-state index >= 15 is 0 Å². The normalized spacial score (nSPS) is 11.8. The van der Waals surface area contributed by atoms with Crippen molar-refractivity contribution >= 4 is 17.4 Å². The van der Waals surface area contributed by atoms with Crippen molar-refractivity contribution < 1.29 is 14.5 Å². The zero-order valence-corrected chi connectivity index (χ0v) is 15.7. The number of benzene rings is 1. The molecule has 0 saturated carbocycles. The summed E-state index contributed by atoms with van der Waals surface area (Å²) in [6.45, 7) is 4.19. The summed E-state index contributed by atoms with van der Waals surface area (Å²) in [6, 6.07) is 8.90. The van der Waals surface area contributed by atoms with E-state index in [-0.39, 0.29) is 11.6 Å². The van der Waals surface area contributed by atoms with Gasteiger partial charge < -0.3 is 10.1 Å². The van der Waals surface area contributed by atoms with Crippen LogP contribution in [0.25, 0.3) is 0 Å². The average Bonchev–Trinajstić information content (AvgIpc) is 3.29. The van der Waals surface area contributed by atoms with Crippen LogP contribution in [0.15, 0.2) is 42.7 Å². The molecule has 3 aromatic rings. The number of methoxy groups -OCH3 is 1. The topological polar surface area (TPSA) is 117 Å². The van der Waals surface area contributed by atoms with Crippen molar-refractivity contribution in [3.63, 3.8) is 0 Å². The minimum Gasteiger partial charge on any atom is -0.475 e. The van der Waals surface area contributed by atoms with E-state index in [1.807, 2.05) is 31.2 Å². The van der Waals surface area contributed by atoms with Crippen LogP contribution in [0.4, 0.5) is 11.5 Å². The average molecular weight is 384 g/mol. The third-order valence-electron chi connectivity index (χ3n) is 4.33. The van der Waals surface area contributed by atoms with Crippen molar-refractivity contribution in [2.75, 3.05) is 12.4 Å². The molecule has 0 aliphatic rings. The molecule has 0 spiro atoms. The SMILES string of the molecule is COc1nn(C(C)C(=O)Nc2ccn(Cc3ccccc3C)n2)cc1[N+](=O)[O-]. The summed E-state index contributed by atoms with van der Waals surface area (Å²) in [7, 11) is 1.28. The van der Waals surface area contributed by atoms with E-state index in [0.717, 1.165) is 11.1 Å². The Labute approximate surface area is 160 Å². The van der Waals surface area contributed by atoms with Gasteiger partial charge in [-0.3, -0.25) is 19.6 Å². The first kappa shape index (κ1) is 19.1. The van der Waals surface area contributed by atoms with Gasteiger partial charge in [-0.1, -0.05) is 24.3 Å². The van der Waals surface area contributed by atoms with Crippen molar-refractivity contribution in [3.05, 3.63) is 64.0 Å². The van der Waals surface area contributed by atoms with Crippen LogP contribution in [0.1, 0.15) is 24.1 Å². The molecule has 0 saturated heterocycles. The summed E-state index contributed by atoms with van der Waals surface area (Å²) in [5.41, 5.74) is 1.99. The number of amides is 1. The van der Waals surface area contributed by atoms with Gasteiger partial charge in [0.2, 0.25) is 5.91 Å². The van der Waals surface area contributed by atoms with Gasteiger partial charge in [-0.2, -0.15) is 5.10 Å². The lowest BCUT2D eigenvalue weighted by Crippen LogP contribution is -2.24. The molecule has 1 unspecified atom stereocenters. The van der Waals surface area contributed by atoms with Crippen LogP contribution >= 0.6 is 0 Å². The van der Waals surface area contributed by atoms with Gasteiger partial charge in [-0.05, 0) is 25.0 Å². The number of aryl methyl sites for hydroxylation is 1. The summed E-state index contributed by atoms with van der Waals surface area (Å²) in [6.07, 6.45) is 2.94. The van der Waals surface area contributed by atoms with Gasteiger partial charge in [0.25, 0.3) is 0 Å². The molecule has 0 radical (unpaired) electrons. The van der Waals surface area contributed by atoms with E-state index in [1.165, 1.54) is 18.0 Å². The van der Waals surface area contributed by atoms with Crippen LogP contribution < -0.4 is 10.1 Å². The monoisotopic (exact) mass is 384 g/mol. The predicted molar refractivity (Wildman–Crippen MR) is 101 cm³/mol. The Morgan fingerprint density at radius 2 is 2.07 bits per heavy atom. The van der Waals surface area contributed by atoms with Crippen molar-refractivity contribution in [1.82, 2.24) is 19.6 Å². The number of aromatic nitrogens is 4. The highest BCUT2D eigenvalue weighted by Crippen LogP contribution is 2.26. The van der Waals surface area contributed by atoms with Crippen LogP contribution in [0.2, 0.25) is 0 Å². The Bertz CT molecular complexity index is 1010. The molecule has 1 aromatic carbocycles. The highest BCUT2D eigenvalue weighted by atomic mass is 16.6. The molecule has 0 bridgehead atoms. The first-order chi connectivity index (χ1) is 13.4. The Balaban J connectivity index is 1.69. The molecule has 28 heavy (non-hydrogen) atoms. The minimum absolute atomic E-state index is 0.146. The van der Waals surface area contributed by atoms with Gasteiger partial charge in [0, 0.05) is 12.3 Å². The Hall–Kier alpha value is -3.69. The molecular weight excluding hydrogens is 364 g/mol. The summed E-state index contributed by atoms with van der Waals surface area (Å²) in [5.74, 6) is -0.160. The molecule has 0 aliphatic carbocycles. The molecule has 146 valence electrons. The fraction of sp³-hybridized carbons (Fsp3) is 0.278. The van der Waals surface area contributed by atoms with Gasteiger partial charge in [0.05, 0.1) is 18.6 Å². The van der Waals surface area contributed by atoms with Gasteiger partial charge in [0.1, 0.15) is 12.2 Å². The quantitative estimate of drug-likeness (QED) is 0.494. The number of anilines is 1. The Morgan fingerprint density at radius 3 is 2.71 bits per heavy atom. The van der Waals surface area contributed by atoms with Crippen molar-refractivity contribution in [2.24, 2.45) is 0 Å². The molecule has 0 aliphatic heterocycles. The number of nitrogens with zero attached hydrogens (tertiary/aromatic N) is 5. The molecule has 1 amide bonds. The minimum atomic E-state index is -0.788. The molecule has 2 aromatic heterocycles. The maximum absolute atomic E-state index is 12.5. The number of hydrogen-bond acceptors (Lipinski definition) is 6. The lowest BCUT2D eigenvalue weighted by atomic mass is 10.1. The second-order valence-corrected chi connectivity index (χ2v) is 6.25. The number of nitro groups is 1. The van der Waals surface area contributed by atoms with Gasteiger partial charge in [-0.25, -0.2) is 4.68 Å². The molecule has 1 N–H and O–H groups in total. The highest BCUT2D eigenvalue weighted by Gasteiger charge is 2.25. The number of rotatable bonds is 7. The molecule has 10 heteroatoms. The van der Waals surface area contributed by atoms with Crippen LogP contribution in [0.5, 0.6) is 5.88 Å². The molecule has 2 heterocycles. The van der Waals surface area contributed by atoms with E-state index in [1.54, 1.807) is 23.9 Å². The van der Waals surface area contributed by atoms with Gasteiger partial charge >= 0.3 is 11.6 Å². The highest BCUT2D eigenvalue weighted by molar-refractivity contribution is 5.92. The first-order valence-electron chi connectivity index (χ1n) is 8.55. The van der Waals surface area contributed by atoms with Crippen LogP contribution in [0.3, 0.4) is 0 Å². The van der Waals surface area contributed by atoms with E-state index in [9.17, 15) is 14.9 Å². The number of nitrogens with one attached hydrogen (secondary N) is 1.